The van der Waals surface area contributed by atoms with Gasteiger partial charge < -0.3 is 20.6 Å². The van der Waals surface area contributed by atoms with E-state index in [9.17, 15) is 28.7 Å². The van der Waals surface area contributed by atoms with Crippen LogP contribution in [0.3, 0.4) is 0 Å². The maximum Gasteiger partial charge on any atom is 0.255 e. The van der Waals surface area contributed by atoms with Crippen molar-refractivity contribution in [2.75, 3.05) is 23.7 Å². The summed E-state index contributed by atoms with van der Waals surface area (Å²) in [4.78, 5) is 52.9. The first-order valence-corrected chi connectivity index (χ1v) is 12.4. The highest BCUT2D eigenvalue weighted by Crippen LogP contribution is 2.49. The third-order valence-electron chi connectivity index (χ3n) is 6.81. The van der Waals surface area contributed by atoms with Crippen LogP contribution in [0, 0.1) is 23.6 Å². The van der Waals surface area contributed by atoms with E-state index >= 15 is 0 Å². The van der Waals surface area contributed by atoms with Gasteiger partial charge in [-0.05, 0) is 48.9 Å². The van der Waals surface area contributed by atoms with Gasteiger partial charge in [0, 0.05) is 42.1 Å². The summed E-state index contributed by atoms with van der Waals surface area (Å²) in [5, 5.41) is 15.5. The minimum Gasteiger partial charge on any atom is -0.391 e. The number of pyridine rings is 1. The van der Waals surface area contributed by atoms with Gasteiger partial charge in [-0.1, -0.05) is 17.7 Å². The summed E-state index contributed by atoms with van der Waals surface area (Å²) in [5.41, 5.74) is 0.239. The molecule has 0 spiro atoms. The Morgan fingerprint density at radius 1 is 0.947 bits per heavy atom. The van der Waals surface area contributed by atoms with Crippen LogP contribution in [0.4, 0.5) is 15.8 Å². The molecule has 3 aromatic rings. The zero-order chi connectivity index (χ0) is 27.0. The number of hydrogen-bond acceptors (Lipinski definition) is 5. The van der Waals surface area contributed by atoms with Crippen molar-refractivity contribution >= 4 is 40.7 Å². The first-order chi connectivity index (χ1) is 18.2. The van der Waals surface area contributed by atoms with Gasteiger partial charge in [-0.3, -0.25) is 23.7 Å². The van der Waals surface area contributed by atoms with Crippen LogP contribution in [0.1, 0.15) is 6.42 Å². The van der Waals surface area contributed by atoms with E-state index in [-0.39, 0.29) is 23.5 Å². The lowest BCUT2D eigenvalue weighted by Crippen LogP contribution is -2.33. The van der Waals surface area contributed by atoms with E-state index in [0.717, 1.165) is 6.07 Å². The van der Waals surface area contributed by atoms with Gasteiger partial charge >= 0.3 is 0 Å². The van der Waals surface area contributed by atoms with Crippen LogP contribution >= 0.6 is 11.6 Å². The lowest BCUT2D eigenvalue weighted by Gasteiger charge is -2.15. The fourth-order valence-electron chi connectivity index (χ4n) is 4.79. The highest BCUT2D eigenvalue weighted by Gasteiger charge is 2.63. The molecular weight excluding hydrogens is 515 g/mol. The number of anilines is 2. The number of halogens is 2. The van der Waals surface area contributed by atoms with Crippen molar-refractivity contribution in [2.45, 2.75) is 12.5 Å². The monoisotopic (exact) mass is 538 g/mol. The second-order valence-electron chi connectivity index (χ2n) is 9.36. The van der Waals surface area contributed by atoms with Crippen molar-refractivity contribution in [3.8, 4) is 5.69 Å². The highest BCUT2D eigenvalue weighted by molar-refractivity contribution is 6.30. The molecule has 1 aliphatic heterocycles. The molecule has 3 N–H and O–H groups in total. The van der Waals surface area contributed by atoms with E-state index in [2.05, 4.69) is 10.6 Å². The second-order valence-corrected chi connectivity index (χ2v) is 9.80. The van der Waals surface area contributed by atoms with E-state index in [1.54, 1.807) is 36.4 Å². The Morgan fingerprint density at radius 2 is 1.66 bits per heavy atom. The number of likely N-dealkylation sites (tertiary alicyclic amines) is 1. The van der Waals surface area contributed by atoms with Crippen molar-refractivity contribution in [3.63, 3.8) is 0 Å². The minimum atomic E-state index is -1.02. The number of carbonyl (C=O) groups is 3. The molecular formula is C27H24ClFN4O5. The number of β-amino-alcohol motifs (C(OH)–C–C–N with tert-alkyl or cyclic N) is 1. The SMILES string of the molecule is O=C(Nc1ccc(-n2ccccc2=O)cc1F)[C@@H]1[C@H](C(=O)Nc2ccc(Cl)cc2)[C@@H]1C(=O)N1CC[C@@H](O)C1. The molecule has 4 atom stereocenters. The predicted molar refractivity (Wildman–Crippen MR) is 138 cm³/mol. The Hall–Kier alpha value is -4.02. The molecule has 2 aromatic carbocycles. The molecule has 11 heteroatoms. The number of nitrogens with one attached hydrogen (secondary N) is 2. The van der Waals surface area contributed by atoms with Crippen molar-refractivity contribution in [2.24, 2.45) is 17.8 Å². The molecule has 1 saturated carbocycles. The lowest BCUT2D eigenvalue weighted by molar-refractivity contribution is -0.134. The van der Waals surface area contributed by atoms with E-state index in [0.29, 0.717) is 23.7 Å². The topological polar surface area (TPSA) is 121 Å². The number of benzene rings is 2. The summed E-state index contributed by atoms with van der Waals surface area (Å²) in [6.07, 6.45) is 1.25. The summed E-state index contributed by atoms with van der Waals surface area (Å²) in [7, 11) is 0. The first-order valence-electron chi connectivity index (χ1n) is 12.0. The number of aromatic nitrogens is 1. The zero-order valence-corrected chi connectivity index (χ0v) is 20.8. The van der Waals surface area contributed by atoms with Gasteiger partial charge in [-0.15, -0.1) is 0 Å². The minimum absolute atomic E-state index is 0.129. The Morgan fingerprint density at radius 3 is 2.29 bits per heavy atom. The Balaban J connectivity index is 1.34. The van der Waals surface area contributed by atoms with Crippen LogP contribution in [0.5, 0.6) is 0 Å². The van der Waals surface area contributed by atoms with Crippen molar-refractivity contribution in [1.29, 1.82) is 0 Å². The number of rotatable bonds is 6. The summed E-state index contributed by atoms with van der Waals surface area (Å²) >= 11 is 5.90. The third kappa shape index (κ3) is 5.18. The molecule has 1 aliphatic carbocycles. The van der Waals surface area contributed by atoms with E-state index in [4.69, 9.17) is 11.6 Å². The van der Waals surface area contributed by atoms with Crippen LogP contribution in [0.15, 0.2) is 71.7 Å². The maximum absolute atomic E-state index is 14.9. The van der Waals surface area contributed by atoms with Crippen LogP contribution in [0.2, 0.25) is 5.02 Å². The van der Waals surface area contributed by atoms with Crippen molar-refractivity contribution in [1.82, 2.24) is 9.47 Å². The maximum atomic E-state index is 14.9. The number of hydrogen-bond donors (Lipinski definition) is 3. The van der Waals surface area contributed by atoms with Crippen LogP contribution in [0.25, 0.3) is 5.69 Å². The molecule has 0 radical (unpaired) electrons. The summed E-state index contributed by atoms with van der Waals surface area (Å²) in [6, 6.07) is 14.8. The highest BCUT2D eigenvalue weighted by atomic mass is 35.5. The molecule has 3 amide bonds. The molecule has 0 bridgehead atoms. The fraction of sp³-hybridized carbons (Fsp3) is 0.259. The third-order valence-corrected chi connectivity index (χ3v) is 7.06. The van der Waals surface area contributed by atoms with Gasteiger partial charge in [-0.2, -0.15) is 0 Å². The normalized spacial score (nSPS) is 22.1. The van der Waals surface area contributed by atoms with E-state index in [1.807, 2.05) is 0 Å². The molecule has 1 aromatic heterocycles. The molecule has 2 aliphatic rings. The number of nitrogens with zero attached hydrogens (tertiary/aromatic N) is 2. The molecule has 0 unspecified atom stereocenters. The van der Waals surface area contributed by atoms with Gasteiger partial charge in [0.05, 0.1) is 35.2 Å². The first kappa shape index (κ1) is 25.6. The van der Waals surface area contributed by atoms with Crippen LogP contribution in [-0.4, -0.2) is 51.5 Å². The summed E-state index contributed by atoms with van der Waals surface area (Å²) in [6.45, 7) is 0.454. The lowest BCUT2D eigenvalue weighted by atomic mass is 10.2. The fourth-order valence-corrected chi connectivity index (χ4v) is 4.92. The second kappa shape index (κ2) is 10.4. The van der Waals surface area contributed by atoms with Crippen molar-refractivity contribution in [3.05, 3.63) is 88.1 Å². The zero-order valence-electron chi connectivity index (χ0n) is 20.0. The number of aliphatic hydroxyl groups is 1. The average molecular weight is 539 g/mol. The molecule has 196 valence electrons. The number of amides is 3. The van der Waals surface area contributed by atoms with Crippen LogP contribution in [-0.2, 0) is 14.4 Å². The Kier molecular flexibility index (Phi) is 7.00. The van der Waals surface area contributed by atoms with E-state index < -0.39 is 47.4 Å². The Labute approximate surface area is 221 Å². The van der Waals surface area contributed by atoms with Gasteiger partial charge in [0.15, 0.2) is 0 Å². The number of carbonyl (C=O) groups excluding carboxylic acids is 3. The average Bonchev–Trinajstić information content (AvgIpc) is 3.51. The quantitative estimate of drug-likeness (QED) is 0.445. The van der Waals surface area contributed by atoms with Crippen LogP contribution < -0.4 is 16.2 Å². The summed E-state index contributed by atoms with van der Waals surface area (Å²) in [5.74, 6) is -5.33. The molecule has 38 heavy (non-hydrogen) atoms. The van der Waals surface area contributed by atoms with Gasteiger partial charge in [-0.25, -0.2) is 4.39 Å². The molecule has 2 fully saturated rings. The molecule has 5 rings (SSSR count). The molecule has 9 nitrogen and oxygen atoms in total. The van der Waals surface area contributed by atoms with Gasteiger partial charge in [0.25, 0.3) is 5.56 Å². The largest absolute Gasteiger partial charge is 0.391 e. The molecule has 2 heterocycles. The summed E-state index contributed by atoms with van der Waals surface area (Å²) < 4.78 is 16.2. The smallest absolute Gasteiger partial charge is 0.255 e. The predicted octanol–water partition coefficient (Wildman–Crippen LogP) is 2.66. The standard InChI is InChI=1S/C27H24ClFN4O5/c28-15-4-6-16(7-5-15)30-25(36)22-23(24(22)27(38)32-12-10-18(34)14-32)26(37)31-20-9-8-17(13-19(20)29)33-11-2-1-3-21(33)35/h1-9,11,13,18,22-24,34H,10,12,14H2,(H,30,36)(H,31,37)/t18-,22+,23-,24+/m1/s1. The number of aliphatic hydroxyl groups excluding tert-OH is 1. The van der Waals surface area contributed by atoms with E-state index in [1.165, 1.54) is 33.9 Å². The van der Waals surface area contributed by atoms with Crippen molar-refractivity contribution < 1.29 is 23.9 Å². The molecule has 1 saturated heterocycles. The Bertz CT molecular complexity index is 1460. The van der Waals surface area contributed by atoms with Gasteiger partial charge in [0.2, 0.25) is 17.7 Å². The van der Waals surface area contributed by atoms with Gasteiger partial charge in [0.1, 0.15) is 5.82 Å².